The average molecular weight is 337 g/mol. The number of nitrogens with zero attached hydrogens (tertiary/aromatic N) is 1. The van der Waals surface area contributed by atoms with Gasteiger partial charge in [-0.15, -0.1) is 0 Å². The molecule has 0 aliphatic carbocycles. The molecule has 2 aliphatic rings. The van der Waals surface area contributed by atoms with Crippen LogP contribution in [-0.2, 0) is 14.3 Å². The molecule has 6 nitrogen and oxygen atoms in total. The highest BCUT2D eigenvalue weighted by atomic mass is 35.5. The summed E-state index contributed by atoms with van der Waals surface area (Å²) in [6.45, 7) is 0.707. The molecule has 1 spiro atoms. The zero-order valence-electron chi connectivity index (χ0n) is 12.5. The summed E-state index contributed by atoms with van der Waals surface area (Å²) >= 11 is 5.85. The molecule has 122 valence electrons. The van der Waals surface area contributed by atoms with Crippen molar-refractivity contribution in [1.82, 2.24) is 10.2 Å². The number of carbonyl (C=O) groups is 3. The van der Waals surface area contributed by atoms with Crippen LogP contribution in [-0.4, -0.2) is 47.9 Å². The summed E-state index contributed by atoms with van der Waals surface area (Å²) in [6.07, 6.45) is 1.92. The van der Waals surface area contributed by atoms with Crippen LogP contribution in [0.2, 0.25) is 5.02 Å². The quantitative estimate of drug-likeness (QED) is 0.846. The van der Waals surface area contributed by atoms with E-state index < -0.39 is 5.54 Å². The number of nitrogens with one attached hydrogen (secondary N) is 1. The van der Waals surface area contributed by atoms with Crippen molar-refractivity contribution in [3.05, 3.63) is 34.9 Å². The molecule has 1 aromatic rings. The van der Waals surface area contributed by atoms with E-state index in [-0.39, 0.29) is 24.3 Å². The van der Waals surface area contributed by atoms with Crippen LogP contribution in [0.3, 0.4) is 0 Å². The lowest BCUT2D eigenvalue weighted by Gasteiger charge is -2.31. The third kappa shape index (κ3) is 2.91. The second-order valence-corrected chi connectivity index (χ2v) is 6.20. The number of likely N-dealkylation sites (tertiary alicyclic amines) is 1. The third-order valence-electron chi connectivity index (χ3n) is 4.41. The first-order chi connectivity index (χ1) is 11.0. The lowest BCUT2D eigenvalue weighted by Crippen LogP contribution is -2.53. The fourth-order valence-corrected chi connectivity index (χ4v) is 3.44. The molecule has 0 saturated carbocycles. The van der Waals surface area contributed by atoms with Gasteiger partial charge in [-0.05, 0) is 31.0 Å². The van der Waals surface area contributed by atoms with E-state index >= 15 is 0 Å². The molecular weight excluding hydrogens is 320 g/mol. The van der Waals surface area contributed by atoms with Crippen molar-refractivity contribution in [3.63, 3.8) is 0 Å². The number of benzene rings is 1. The van der Waals surface area contributed by atoms with Gasteiger partial charge in [0.05, 0.1) is 13.2 Å². The smallest absolute Gasteiger partial charge is 0.332 e. The number of hydrogen-bond acceptors (Lipinski definition) is 4. The summed E-state index contributed by atoms with van der Waals surface area (Å²) in [5.74, 6) is -0.968. The number of esters is 1. The van der Waals surface area contributed by atoms with E-state index in [0.29, 0.717) is 36.6 Å². The number of carbonyl (C=O) groups excluding carboxylic acids is 3. The Kier molecular flexibility index (Phi) is 4.26. The van der Waals surface area contributed by atoms with Crippen molar-refractivity contribution in [2.24, 2.45) is 0 Å². The summed E-state index contributed by atoms with van der Waals surface area (Å²) in [6, 6.07) is 6.50. The summed E-state index contributed by atoms with van der Waals surface area (Å²) in [7, 11) is 0. The van der Waals surface area contributed by atoms with Crippen LogP contribution in [0.5, 0.6) is 0 Å². The summed E-state index contributed by atoms with van der Waals surface area (Å²) in [4.78, 5) is 38.0. The molecule has 23 heavy (non-hydrogen) atoms. The maximum absolute atomic E-state index is 12.4. The van der Waals surface area contributed by atoms with Crippen molar-refractivity contribution in [2.75, 3.05) is 19.7 Å². The molecule has 0 unspecified atom stereocenters. The molecule has 0 bridgehead atoms. The predicted octanol–water partition coefficient (Wildman–Crippen LogP) is 1.38. The van der Waals surface area contributed by atoms with Crippen molar-refractivity contribution in [3.8, 4) is 0 Å². The molecule has 1 N–H and O–H groups in total. The summed E-state index contributed by atoms with van der Waals surface area (Å²) in [5, 5.41) is 3.04. The Bertz CT molecular complexity index is 659. The van der Waals surface area contributed by atoms with E-state index in [2.05, 4.69) is 5.32 Å². The molecule has 2 heterocycles. The number of ether oxygens (including phenoxy) is 1. The van der Waals surface area contributed by atoms with Crippen LogP contribution in [0.15, 0.2) is 24.3 Å². The minimum Gasteiger partial charge on any atom is -0.464 e. The van der Waals surface area contributed by atoms with Gasteiger partial charge in [0.25, 0.3) is 5.91 Å². The van der Waals surface area contributed by atoms with Crippen LogP contribution in [0, 0.1) is 0 Å². The van der Waals surface area contributed by atoms with E-state index in [0.717, 1.165) is 6.42 Å². The first-order valence-corrected chi connectivity index (χ1v) is 7.92. The second-order valence-electron chi connectivity index (χ2n) is 5.76. The molecule has 2 amide bonds. The normalized spacial score (nSPS) is 23.2. The number of halogens is 1. The maximum atomic E-state index is 12.4. The average Bonchev–Trinajstić information content (AvgIpc) is 3.12. The highest BCUT2D eigenvalue weighted by molar-refractivity contribution is 6.31. The molecule has 2 saturated heterocycles. The molecule has 2 fully saturated rings. The van der Waals surface area contributed by atoms with Gasteiger partial charge in [-0.2, -0.15) is 0 Å². The van der Waals surface area contributed by atoms with E-state index in [1.165, 1.54) is 6.07 Å². The Labute approximate surface area is 138 Å². The fraction of sp³-hybridized carbons (Fsp3) is 0.438. The minimum absolute atomic E-state index is 0.152. The molecule has 0 radical (unpaired) electrons. The van der Waals surface area contributed by atoms with Gasteiger partial charge in [0, 0.05) is 23.6 Å². The molecule has 1 aromatic carbocycles. The maximum Gasteiger partial charge on any atom is 0.332 e. The lowest BCUT2D eigenvalue weighted by molar-refractivity contribution is -0.152. The van der Waals surface area contributed by atoms with E-state index in [4.69, 9.17) is 16.3 Å². The Morgan fingerprint density at radius 3 is 2.87 bits per heavy atom. The van der Waals surface area contributed by atoms with Gasteiger partial charge in [-0.1, -0.05) is 17.7 Å². The summed E-state index contributed by atoms with van der Waals surface area (Å²) < 4.78 is 5.04. The highest BCUT2D eigenvalue weighted by Crippen LogP contribution is 2.37. The first-order valence-electron chi connectivity index (χ1n) is 7.54. The Balaban J connectivity index is 1.63. The number of amides is 2. The zero-order valence-corrected chi connectivity index (χ0v) is 13.3. The van der Waals surface area contributed by atoms with Crippen LogP contribution >= 0.6 is 11.6 Å². The highest BCUT2D eigenvalue weighted by Gasteiger charge is 2.53. The van der Waals surface area contributed by atoms with Crippen molar-refractivity contribution in [1.29, 1.82) is 0 Å². The SMILES string of the molecule is O=C(NCC(=O)N1CCC[C@]12CCOC2=O)c1cccc(Cl)c1. The minimum atomic E-state index is -0.822. The zero-order chi connectivity index (χ0) is 16.4. The Morgan fingerprint density at radius 2 is 2.17 bits per heavy atom. The molecule has 3 rings (SSSR count). The monoisotopic (exact) mass is 336 g/mol. The van der Waals surface area contributed by atoms with E-state index in [1.54, 1.807) is 23.1 Å². The first kappa shape index (κ1) is 15.8. The van der Waals surface area contributed by atoms with Crippen LogP contribution in [0.1, 0.15) is 29.6 Å². The van der Waals surface area contributed by atoms with Gasteiger partial charge in [0.15, 0.2) is 0 Å². The molecular formula is C16H17ClN2O4. The van der Waals surface area contributed by atoms with Crippen LogP contribution in [0.4, 0.5) is 0 Å². The second kappa shape index (κ2) is 6.20. The topological polar surface area (TPSA) is 75.7 Å². The molecule has 1 atom stereocenters. The largest absolute Gasteiger partial charge is 0.464 e. The van der Waals surface area contributed by atoms with Crippen molar-refractivity contribution >= 4 is 29.4 Å². The number of hydrogen-bond donors (Lipinski definition) is 1. The van der Waals surface area contributed by atoms with Gasteiger partial charge in [0.2, 0.25) is 5.91 Å². The molecule has 0 aromatic heterocycles. The molecule has 2 aliphatic heterocycles. The van der Waals surface area contributed by atoms with Crippen molar-refractivity contribution < 1.29 is 19.1 Å². The fourth-order valence-electron chi connectivity index (χ4n) is 3.25. The Morgan fingerprint density at radius 1 is 1.35 bits per heavy atom. The summed E-state index contributed by atoms with van der Waals surface area (Å²) in [5.41, 5.74) is -0.431. The third-order valence-corrected chi connectivity index (χ3v) is 4.64. The standard InChI is InChI=1S/C16H17ClN2O4/c17-12-4-1-3-11(9-12)14(21)18-10-13(20)19-7-2-5-16(19)6-8-23-15(16)22/h1,3-4,9H,2,5-8,10H2,(H,18,21)/t16-/m1/s1. The Hall–Kier alpha value is -2.08. The van der Waals surface area contributed by atoms with Gasteiger partial charge in [-0.25, -0.2) is 4.79 Å². The predicted molar refractivity (Wildman–Crippen MR) is 83.0 cm³/mol. The number of cyclic esters (lactones) is 1. The van der Waals surface area contributed by atoms with Crippen LogP contribution in [0.25, 0.3) is 0 Å². The van der Waals surface area contributed by atoms with Crippen LogP contribution < -0.4 is 5.32 Å². The number of rotatable bonds is 3. The van der Waals surface area contributed by atoms with Gasteiger partial charge in [0.1, 0.15) is 5.54 Å². The van der Waals surface area contributed by atoms with Gasteiger partial charge < -0.3 is 15.0 Å². The van der Waals surface area contributed by atoms with E-state index in [9.17, 15) is 14.4 Å². The van der Waals surface area contributed by atoms with E-state index in [1.807, 2.05) is 0 Å². The van der Waals surface area contributed by atoms with Gasteiger partial charge in [-0.3, -0.25) is 9.59 Å². The van der Waals surface area contributed by atoms with Gasteiger partial charge >= 0.3 is 5.97 Å². The van der Waals surface area contributed by atoms with Crippen molar-refractivity contribution in [2.45, 2.75) is 24.8 Å². The molecule has 7 heteroatoms. The lowest BCUT2D eigenvalue weighted by atomic mass is 9.94.